The molecular formula is C21H30N2O2. The molecule has 0 atom stereocenters. The number of hydrogen-bond acceptors (Lipinski definition) is 4. The quantitative estimate of drug-likeness (QED) is 0.585. The van der Waals surface area contributed by atoms with Crippen molar-refractivity contribution in [3.05, 3.63) is 65.7 Å². The zero-order chi connectivity index (χ0) is 17.9. The van der Waals surface area contributed by atoms with Crippen LogP contribution >= 0.6 is 0 Å². The molecule has 4 nitrogen and oxygen atoms in total. The van der Waals surface area contributed by atoms with Crippen LogP contribution in [0.2, 0.25) is 0 Å². The molecule has 25 heavy (non-hydrogen) atoms. The maximum atomic E-state index is 5.78. The lowest BCUT2D eigenvalue weighted by Crippen LogP contribution is -2.26. The van der Waals surface area contributed by atoms with E-state index in [2.05, 4.69) is 66.4 Å². The van der Waals surface area contributed by atoms with Gasteiger partial charge in [-0.2, -0.15) is 0 Å². The summed E-state index contributed by atoms with van der Waals surface area (Å²) in [5, 5.41) is 0. The number of likely N-dealkylation sites (N-methyl/N-ethyl adjacent to an activating group) is 2. The SMILES string of the molecule is COc1ccc(CN(C)CCOCCN(C)Cc2ccccc2)cc1. The third kappa shape index (κ3) is 7.69. The highest BCUT2D eigenvalue weighted by Gasteiger charge is 2.03. The molecule has 0 spiro atoms. The van der Waals surface area contributed by atoms with Gasteiger partial charge in [0.2, 0.25) is 0 Å². The van der Waals surface area contributed by atoms with Crippen molar-refractivity contribution in [2.45, 2.75) is 13.1 Å². The Morgan fingerprint density at radius 3 is 1.76 bits per heavy atom. The summed E-state index contributed by atoms with van der Waals surface area (Å²) < 4.78 is 11.0. The minimum atomic E-state index is 0.756. The van der Waals surface area contributed by atoms with Gasteiger partial charge in [0.15, 0.2) is 0 Å². The van der Waals surface area contributed by atoms with E-state index in [1.54, 1.807) is 7.11 Å². The van der Waals surface area contributed by atoms with Crippen LogP contribution < -0.4 is 4.74 Å². The third-order valence-electron chi connectivity index (χ3n) is 4.14. The van der Waals surface area contributed by atoms with Crippen LogP contribution in [0.5, 0.6) is 5.75 Å². The van der Waals surface area contributed by atoms with Crippen molar-refractivity contribution < 1.29 is 9.47 Å². The summed E-state index contributed by atoms with van der Waals surface area (Å²) >= 11 is 0. The highest BCUT2D eigenvalue weighted by Crippen LogP contribution is 2.12. The summed E-state index contributed by atoms with van der Waals surface area (Å²) in [6.45, 7) is 5.26. The summed E-state index contributed by atoms with van der Waals surface area (Å²) in [6.07, 6.45) is 0. The van der Waals surface area contributed by atoms with Crippen molar-refractivity contribution >= 4 is 0 Å². The molecule has 0 unspecified atom stereocenters. The Morgan fingerprint density at radius 1 is 0.720 bits per heavy atom. The van der Waals surface area contributed by atoms with Crippen LogP contribution in [0, 0.1) is 0 Å². The first-order valence-corrected chi connectivity index (χ1v) is 8.79. The number of methoxy groups -OCH3 is 1. The first kappa shape index (κ1) is 19.4. The van der Waals surface area contributed by atoms with Gasteiger partial charge in [0, 0.05) is 26.2 Å². The Hall–Kier alpha value is -1.88. The van der Waals surface area contributed by atoms with Crippen molar-refractivity contribution in [3.8, 4) is 5.75 Å². The summed E-state index contributed by atoms with van der Waals surface area (Å²) in [5.74, 6) is 0.898. The Labute approximate surface area is 152 Å². The molecular weight excluding hydrogens is 312 g/mol. The van der Waals surface area contributed by atoms with Crippen LogP contribution in [-0.4, -0.2) is 57.3 Å². The fourth-order valence-corrected chi connectivity index (χ4v) is 2.64. The molecule has 0 bridgehead atoms. The zero-order valence-electron chi connectivity index (χ0n) is 15.6. The third-order valence-corrected chi connectivity index (χ3v) is 4.14. The lowest BCUT2D eigenvalue weighted by molar-refractivity contribution is 0.0915. The van der Waals surface area contributed by atoms with E-state index in [0.29, 0.717) is 0 Å². The summed E-state index contributed by atoms with van der Waals surface area (Å²) in [5.41, 5.74) is 2.62. The van der Waals surface area contributed by atoms with E-state index in [1.807, 2.05) is 12.1 Å². The predicted octanol–water partition coefficient (Wildman–Crippen LogP) is 3.28. The first-order valence-electron chi connectivity index (χ1n) is 8.79. The van der Waals surface area contributed by atoms with Crippen molar-refractivity contribution in [1.29, 1.82) is 0 Å². The second kappa shape index (κ2) is 10.9. The van der Waals surface area contributed by atoms with Gasteiger partial charge in [-0.25, -0.2) is 0 Å². The molecule has 4 heteroatoms. The second-order valence-corrected chi connectivity index (χ2v) is 6.42. The maximum absolute atomic E-state index is 5.78. The number of benzene rings is 2. The molecule has 0 aliphatic rings. The van der Waals surface area contributed by atoms with Gasteiger partial charge in [0.05, 0.1) is 20.3 Å². The van der Waals surface area contributed by atoms with Gasteiger partial charge in [-0.1, -0.05) is 42.5 Å². The first-order chi connectivity index (χ1) is 12.2. The molecule has 0 saturated carbocycles. The Bertz CT molecular complexity index is 587. The summed E-state index contributed by atoms with van der Waals surface area (Å²) in [4.78, 5) is 4.56. The molecule has 0 radical (unpaired) electrons. The van der Waals surface area contributed by atoms with Crippen LogP contribution in [0.25, 0.3) is 0 Å². The molecule has 2 aromatic rings. The fraction of sp³-hybridized carbons (Fsp3) is 0.429. The average Bonchev–Trinajstić information content (AvgIpc) is 2.63. The van der Waals surface area contributed by atoms with E-state index in [-0.39, 0.29) is 0 Å². The van der Waals surface area contributed by atoms with Crippen molar-refractivity contribution in [1.82, 2.24) is 9.80 Å². The minimum Gasteiger partial charge on any atom is -0.497 e. The van der Waals surface area contributed by atoms with E-state index in [9.17, 15) is 0 Å². The number of ether oxygens (including phenoxy) is 2. The van der Waals surface area contributed by atoms with Crippen molar-refractivity contribution in [3.63, 3.8) is 0 Å². The predicted molar refractivity (Wildman–Crippen MR) is 103 cm³/mol. The molecule has 0 N–H and O–H groups in total. The Morgan fingerprint density at radius 2 is 1.24 bits per heavy atom. The van der Waals surface area contributed by atoms with Crippen LogP contribution in [0.1, 0.15) is 11.1 Å². The van der Waals surface area contributed by atoms with Gasteiger partial charge in [0.1, 0.15) is 5.75 Å². The highest BCUT2D eigenvalue weighted by molar-refractivity contribution is 5.27. The van der Waals surface area contributed by atoms with Crippen LogP contribution in [0.4, 0.5) is 0 Å². The van der Waals surface area contributed by atoms with E-state index in [4.69, 9.17) is 9.47 Å². The van der Waals surface area contributed by atoms with Crippen molar-refractivity contribution in [2.75, 3.05) is 47.5 Å². The topological polar surface area (TPSA) is 24.9 Å². The zero-order valence-corrected chi connectivity index (χ0v) is 15.6. The van der Waals surface area contributed by atoms with Crippen LogP contribution in [-0.2, 0) is 17.8 Å². The molecule has 0 aromatic heterocycles. The molecule has 0 amide bonds. The molecule has 136 valence electrons. The molecule has 2 aromatic carbocycles. The van der Waals surface area contributed by atoms with Gasteiger partial charge >= 0.3 is 0 Å². The number of rotatable bonds is 11. The Balaban J connectivity index is 1.55. The van der Waals surface area contributed by atoms with Crippen LogP contribution in [0.15, 0.2) is 54.6 Å². The molecule has 0 fully saturated rings. The number of hydrogen-bond donors (Lipinski definition) is 0. The molecule has 2 rings (SSSR count). The lowest BCUT2D eigenvalue weighted by Gasteiger charge is -2.19. The van der Waals surface area contributed by atoms with Gasteiger partial charge in [-0.15, -0.1) is 0 Å². The van der Waals surface area contributed by atoms with Crippen LogP contribution in [0.3, 0.4) is 0 Å². The summed E-state index contributed by atoms with van der Waals surface area (Å²) in [6, 6.07) is 18.7. The van der Waals surface area contributed by atoms with Gasteiger partial charge in [0.25, 0.3) is 0 Å². The fourth-order valence-electron chi connectivity index (χ4n) is 2.64. The Kier molecular flexibility index (Phi) is 8.46. The van der Waals surface area contributed by atoms with E-state index in [0.717, 1.165) is 45.1 Å². The molecule has 0 aliphatic heterocycles. The molecule has 0 heterocycles. The number of nitrogens with zero attached hydrogens (tertiary/aromatic N) is 2. The van der Waals surface area contributed by atoms with Gasteiger partial charge in [-0.05, 0) is 37.4 Å². The molecule has 0 aliphatic carbocycles. The second-order valence-electron chi connectivity index (χ2n) is 6.42. The maximum Gasteiger partial charge on any atom is 0.118 e. The average molecular weight is 342 g/mol. The van der Waals surface area contributed by atoms with Gasteiger partial charge in [-0.3, -0.25) is 9.80 Å². The monoisotopic (exact) mass is 342 g/mol. The molecule has 0 saturated heterocycles. The van der Waals surface area contributed by atoms with E-state index in [1.165, 1.54) is 11.1 Å². The minimum absolute atomic E-state index is 0.756. The van der Waals surface area contributed by atoms with Gasteiger partial charge < -0.3 is 9.47 Å². The smallest absolute Gasteiger partial charge is 0.118 e. The van der Waals surface area contributed by atoms with E-state index >= 15 is 0 Å². The lowest BCUT2D eigenvalue weighted by atomic mass is 10.2. The highest BCUT2D eigenvalue weighted by atomic mass is 16.5. The largest absolute Gasteiger partial charge is 0.497 e. The van der Waals surface area contributed by atoms with Crippen molar-refractivity contribution in [2.24, 2.45) is 0 Å². The standard InChI is InChI=1S/C21H30N2O2/c1-22(17-19-7-5-4-6-8-19)13-15-25-16-14-23(2)18-20-9-11-21(24-3)12-10-20/h4-12H,13-18H2,1-3H3. The summed E-state index contributed by atoms with van der Waals surface area (Å²) in [7, 11) is 5.94. The van der Waals surface area contributed by atoms with E-state index < -0.39 is 0 Å². The normalized spacial score (nSPS) is 11.2.